The quantitative estimate of drug-likeness (QED) is 0.586. The van der Waals surface area contributed by atoms with Crippen molar-refractivity contribution in [3.05, 3.63) is 28.2 Å². The molecule has 0 heterocycles. The van der Waals surface area contributed by atoms with Crippen molar-refractivity contribution in [3.8, 4) is 5.75 Å². The Kier molecular flexibility index (Phi) is 4.41. The Labute approximate surface area is 122 Å². The lowest BCUT2D eigenvalue weighted by Crippen LogP contribution is -2.15. The second-order valence-corrected chi connectivity index (χ2v) is 6.35. The zero-order valence-corrected chi connectivity index (χ0v) is 12.6. The molecule has 0 atom stereocenters. The predicted molar refractivity (Wildman–Crippen MR) is 78.2 cm³/mol. The van der Waals surface area contributed by atoms with E-state index in [4.69, 9.17) is 9.47 Å². The normalized spacial score (nSPS) is 18.6. The average Bonchev–Trinajstić information content (AvgIpc) is 3.27. The number of nitrogens with one attached hydrogen (secondary N) is 1. The van der Waals surface area contributed by atoms with Crippen LogP contribution < -0.4 is 10.1 Å². The molecule has 0 saturated heterocycles. The minimum absolute atomic E-state index is 0.342. The van der Waals surface area contributed by atoms with Gasteiger partial charge in [-0.3, -0.25) is 0 Å². The lowest BCUT2D eigenvalue weighted by molar-refractivity contribution is 0.00956. The van der Waals surface area contributed by atoms with Crippen LogP contribution in [0.1, 0.15) is 31.2 Å². The maximum atomic E-state index is 5.62. The summed E-state index contributed by atoms with van der Waals surface area (Å²) in [4.78, 5) is 0. The van der Waals surface area contributed by atoms with E-state index in [1.807, 2.05) is 6.07 Å². The Hall–Kier alpha value is -0.580. The third kappa shape index (κ3) is 4.48. The molecule has 0 aromatic heterocycles. The van der Waals surface area contributed by atoms with E-state index in [1.165, 1.54) is 31.2 Å². The summed E-state index contributed by atoms with van der Waals surface area (Å²) in [6.45, 7) is 2.11. The van der Waals surface area contributed by atoms with Gasteiger partial charge in [-0.15, -0.1) is 0 Å². The molecule has 4 heteroatoms. The van der Waals surface area contributed by atoms with Crippen LogP contribution in [0, 0.1) is 5.92 Å². The first-order valence-corrected chi connectivity index (χ1v) is 7.83. The van der Waals surface area contributed by atoms with Crippen molar-refractivity contribution in [2.24, 2.45) is 5.92 Å². The van der Waals surface area contributed by atoms with Crippen LogP contribution in [0.5, 0.6) is 5.75 Å². The molecule has 3 rings (SSSR count). The second-order valence-electron chi connectivity index (χ2n) is 5.50. The fourth-order valence-corrected chi connectivity index (χ4v) is 2.47. The first kappa shape index (κ1) is 13.4. The van der Waals surface area contributed by atoms with Gasteiger partial charge >= 0.3 is 0 Å². The van der Waals surface area contributed by atoms with Crippen molar-refractivity contribution >= 4 is 15.9 Å². The molecular weight excluding hydrogens is 306 g/mol. The Bertz CT molecular complexity index is 430. The van der Waals surface area contributed by atoms with Crippen LogP contribution in [0.3, 0.4) is 0 Å². The molecule has 1 aromatic rings. The van der Waals surface area contributed by atoms with Gasteiger partial charge in [0.2, 0.25) is 0 Å². The van der Waals surface area contributed by atoms with Gasteiger partial charge in [0.1, 0.15) is 5.75 Å². The van der Waals surface area contributed by atoms with Crippen LogP contribution in [0.4, 0.5) is 0 Å². The number of rotatable bonds is 8. The van der Waals surface area contributed by atoms with E-state index in [1.54, 1.807) is 0 Å². The molecule has 19 heavy (non-hydrogen) atoms. The van der Waals surface area contributed by atoms with Crippen molar-refractivity contribution in [2.75, 3.05) is 13.4 Å². The van der Waals surface area contributed by atoms with Crippen LogP contribution >= 0.6 is 15.9 Å². The van der Waals surface area contributed by atoms with Gasteiger partial charge < -0.3 is 14.8 Å². The van der Waals surface area contributed by atoms with Crippen molar-refractivity contribution in [1.29, 1.82) is 0 Å². The van der Waals surface area contributed by atoms with Crippen molar-refractivity contribution in [1.82, 2.24) is 5.32 Å². The summed E-state index contributed by atoms with van der Waals surface area (Å²) >= 11 is 3.55. The zero-order chi connectivity index (χ0) is 13.1. The number of ether oxygens (including phenoxy) is 2. The average molecular weight is 326 g/mol. The van der Waals surface area contributed by atoms with E-state index >= 15 is 0 Å². The van der Waals surface area contributed by atoms with Crippen LogP contribution in [0.2, 0.25) is 0 Å². The van der Waals surface area contributed by atoms with Crippen LogP contribution in [-0.4, -0.2) is 19.4 Å². The molecule has 0 bridgehead atoms. The number of hydrogen-bond donors (Lipinski definition) is 1. The van der Waals surface area contributed by atoms with E-state index in [-0.39, 0.29) is 0 Å². The first-order valence-electron chi connectivity index (χ1n) is 7.03. The molecule has 2 fully saturated rings. The Balaban J connectivity index is 1.43. The highest BCUT2D eigenvalue weighted by Crippen LogP contribution is 2.29. The molecule has 3 nitrogen and oxygen atoms in total. The largest absolute Gasteiger partial charge is 0.466 e. The van der Waals surface area contributed by atoms with Crippen LogP contribution in [0.25, 0.3) is 0 Å². The summed E-state index contributed by atoms with van der Waals surface area (Å²) in [5, 5.41) is 3.50. The van der Waals surface area contributed by atoms with E-state index in [0.29, 0.717) is 6.79 Å². The summed E-state index contributed by atoms with van der Waals surface area (Å²) in [5.41, 5.74) is 1.28. The summed E-state index contributed by atoms with van der Waals surface area (Å²) in [6.07, 6.45) is 5.26. The van der Waals surface area contributed by atoms with Gasteiger partial charge in [0.25, 0.3) is 0 Å². The van der Waals surface area contributed by atoms with Crippen LogP contribution in [-0.2, 0) is 11.3 Å². The number of hydrogen-bond acceptors (Lipinski definition) is 3. The van der Waals surface area contributed by atoms with E-state index in [2.05, 4.69) is 33.4 Å². The molecule has 0 amide bonds. The fourth-order valence-electron chi connectivity index (χ4n) is 1.93. The molecule has 2 aliphatic rings. The van der Waals surface area contributed by atoms with Gasteiger partial charge in [0, 0.05) is 12.6 Å². The third-order valence-corrected chi connectivity index (χ3v) is 4.14. The highest BCUT2D eigenvalue weighted by atomic mass is 79.9. The predicted octanol–water partition coefficient (Wildman–Crippen LogP) is 3.46. The van der Waals surface area contributed by atoms with Crippen LogP contribution in [0.15, 0.2) is 22.7 Å². The summed E-state index contributed by atoms with van der Waals surface area (Å²) in [5.74, 6) is 1.63. The second kappa shape index (κ2) is 6.25. The standard InChI is InChI=1S/C15H20BrNO2/c16-14-7-12(8-17-13-4-5-13)3-6-15(14)19-10-18-9-11-1-2-11/h3,6-7,11,13,17H,1-2,4-5,8-10H2. The lowest BCUT2D eigenvalue weighted by atomic mass is 10.2. The van der Waals surface area contributed by atoms with Gasteiger partial charge in [-0.1, -0.05) is 6.07 Å². The smallest absolute Gasteiger partial charge is 0.189 e. The van der Waals surface area contributed by atoms with Gasteiger partial charge in [-0.05, 0) is 65.2 Å². The molecule has 0 radical (unpaired) electrons. The van der Waals surface area contributed by atoms with Gasteiger partial charge in [-0.25, -0.2) is 0 Å². The molecule has 1 aromatic carbocycles. The molecule has 104 valence electrons. The molecule has 1 N–H and O–H groups in total. The minimum Gasteiger partial charge on any atom is -0.466 e. The molecule has 2 saturated carbocycles. The summed E-state index contributed by atoms with van der Waals surface area (Å²) in [7, 11) is 0. The molecule has 0 aliphatic heterocycles. The van der Waals surface area contributed by atoms with Crippen molar-refractivity contribution in [2.45, 2.75) is 38.3 Å². The van der Waals surface area contributed by atoms with E-state index in [0.717, 1.165) is 35.3 Å². The number of halogens is 1. The Morgan fingerprint density at radius 2 is 2.05 bits per heavy atom. The lowest BCUT2D eigenvalue weighted by Gasteiger charge is -2.10. The fraction of sp³-hybridized carbons (Fsp3) is 0.600. The minimum atomic E-state index is 0.342. The molecule has 0 spiro atoms. The van der Waals surface area contributed by atoms with Crippen molar-refractivity contribution in [3.63, 3.8) is 0 Å². The summed E-state index contributed by atoms with van der Waals surface area (Å²) in [6, 6.07) is 6.97. The maximum absolute atomic E-state index is 5.62. The first-order chi connectivity index (χ1) is 9.31. The Morgan fingerprint density at radius 1 is 1.21 bits per heavy atom. The van der Waals surface area contributed by atoms with E-state index < -0.39 is 0 Å². The van der Waals surface area contributed by atoms with Gasteiger partial charge in [0.15, 0.2) is 6.79 Å². The highest BCUT2D eigenvalue weighted by molar-refractivity contribution is 9.10. The molecule has 0 unspecified atom stereocenters. The van der Waals surface area contributed by atoms with Crippen molar-refractivity contribution < 1.29 is 9.47 Å². The van der Waals surface area contributed by atoms with Gasteiger partial charge in [-0.2, -0.15) is 0 Å². The van der Waals surface area contributed by atoms with Gasteiger partial charge in [0.05, 0.1) is 11.1 Å². The SMILES string of the molecule is Brc1cc(CNC2CC2)ccc1OCOCC1CC1. The Morgan fingerprint density at radius 3 is 2.74 bits per heavy atom. The molecular formula is C15H20BrNO2. The molecule has 2 aliphatic carbocycles. The highest BCUT2D eigenvalue weighted by Gasteiger charge is 2.21. The number of benzene rings is 1. The topological polar surface area (TPSA) is 30.5 Å². The summed E-state index contributed by atoms with van der Waals surface area (Å²) < 4.78 is 12.1. The maximum Gasteiger partial charge on any atom is 0.189 e. The zero-order valence-electron chi connectivity index (χ0n) is 11.0. The third-order valence-electron chi connectivity index (χ3n) is 3.52. The van der Waals surface area contributed by atoms with E-state index in [9.17, 15) is 0 Å². The monoisotopic (exact) mass is 325 g/mol.